The fourth-order valence-electron chi connectivity index (χ4n) is 2.55. The molecule has 1 saturated carbocycles. The zero-order valence-corrected chi connectivity index (χ0v) is 11.3. The molecule has 2 rings (SSSR count). The molecule has 1 fully saturated rings. The molecule has 1 aliphatic rings. The number of rotatable bonds is 4. The minimum Gasteiger partial charge on any atom is -0.307 e. The normalized spacial score (nSPS) is 25.9. The first-order chi connectivity index (χ1) is 7.79. The van der Waals surface area contributed by atoms with Crippen LogP contribution in [0.5, 0.6) is 0 Å². The Kier molecular flexibility index (Phi) is 4.62. The van der Waals surface area contributed by atoms with Crippen molar-refractivity contribution in [3.63, 3.8) is 0 Å². The largest absolute Gasteiger partial charge is 0.307 e. The Morgan fingerprint density at radius 1 is 1.50 bits per heavy atom. The van der Waals surface area contributed by atoms with E-state index in [4.69, 9.17) is 11.6 Å². The van der Waals surface area contributed by atoms with E-state index < -0.39 is 0 Å². The molecule has 2 atom stereocenters. The van der Waals surface area contributed by atoms with Gasteiger partial charge in [-0.3, -0.25) is 0 Å². The molecule has 1 aromatic heterocycles. The lowest BCUT2D eigenvalue weighted by Gasteiger charge is -2.31. The SMILES string of the molecule is CCC1CCCCC1NCc1ncc(Cl)s1. The van der Waals surface area contributed by atoms with Gasteiger partial charge in [-0.2, -0.15) is 0 Å². The van der Waals surface area contributed by atoms with Crippen LogP contribution < -0.4 is 5.32 Å². The maximum atomic E-state index is 5.87. The summed E-state index contributed by atoms with van der Waals surface area (Å²) >= 11 is 7.44. The minimum absolute atomic E-state index is 0.682. The first kappa shape index (κ1) is 12.3. The molecule has 1 heterocycles. The van der Waals surface area contributed by atoms with Crippen molar-refractivity contribution in [2.24, 2.45) is 5.92 Å². The van der Waals surface area contributed by atoms with Gasteiger partial charge in [0.15, 0.2) is 0 Å². The third kappa shape index (κ3) is 3.19. The van der Waals surface area contributed by atoms with Gasteiger partial charge in [0.2, 0.25) is 0 Å². The van der Waals surface area contributed by atoms with Gasteiger partial charge in [0.05, 0.1) is 6.20 Å². The van der Waals surface area contributed by atoms with Crippen LogP contribution in [0.15, 0.2) is 6.20 Å². The standard InChI is InChI=1S/C12H19ClN2S/c1-2-9-5-3-4-6-10(9)14-8-12-15-7-11(13)16-12/h7,9-10,14H,2-6,8H2,1H3. The fourth-order valence-corrected chi connectivity index (χ4v) is 3.46. The number of hydrogen-bond acceptors (Lipinski definition) is 3. The Morgan fingerprint density at radius 2 is 2.31 bits per heavy atom. The lowest BCUT2D eigenvalue weighted by molar-refractivity contribution is 0.254. The van der Waals surface area contributed by atoms with E-state index in [9.17, 15) is 0 Å². The molecule has 0 saturated heterocycles. The van der Waals surface area contributed by atoms with Crippen molar-refractivity contribution in [2.75, 3.05) is 0 Å². The molecule has 16 heavy (non-hydrogen) atoms. The van der Waals surface area contributed by atoms with Crippen LogP contribution >= 0.6 is 22.9 Å². The average molecular weight is 259 g/mol. The zero-order valence-electron chi connectivity index (χ0n) is 9.71. The molecule has 0 amide bonds. The Hall–Kier alpha value is -0.120. The van der Waals surface area contributed by atoms with E-state index in [1.807, 2.05) is 0 Å². The molecule has 0 radical (unpaired) electrons. The van der Waals surface area contributed by atoms with E-state index in [1.165, 1.54) is 32.1 Å². The molecule has 1 aliphatic carbocycles. The highest BCUT2D eigenvalue weighted by Crippen LogP contribution is 2.27. The summed E-state index contributed by atoms with van der Waals surface area (Å²) in [5, 5.41) is 4.74. The van der Waals surface area contributed by atoms with Crippen molar-refractivity contribution in [2.45, 2.75) is 51.6 Å². The van der Waals surface area contributed by atoms with Crippen molar-refractivity contribution in [1.82, 2.24) is 10.3 Å². The van der Waals surface area contributed by atoms with Crippen LogP contribution in [0, 0.1) is 5.92 Å². The predicted molar refractivity (Wildman–Crippen MR) is 70.0 cm³/mol. The van der Waals surface area contributed by atoms with Gasteiger partial charge in [0.1, 0.15) is 9.34 Å². The molecule has 0 spiro atoms. The first-order valence-electron chi connectivity index (χ1n) is 6.13. The third-order valence-electron chi connectivity index (χ3n) is 3.47. The summed E-state index contributed by atoms with van der Waals surface area (Å²) in [6, 6.07) is 0.682. The quantitative estimate of drug-likeness (QED) is 0.887. The Labute approximate surface area is 106 Å². The van der Waals surface area contributed by atoms with Gasteiger partial charge < -0.3 is 5.32 Å². The monoisotopic (exact) mass is 258 g/mol. The molecule has 0 bridgehead atoms. The number of hydrogen-bond donors (Lipinski definition) is 1. The van der Waals surface area contributed by atoms with Gasteiger partial charge in [0.25, 0.3) is 0 Å². The van der Waals surface area contributed by atoms with E-state index in [-0.39, 0.29) is 0 Å². The second kappa shape index (κ2) is 5.99. The zero-order chi connectivity index (χ0) is 11.4. The maximum Gasteiger partial charge on any atom is 0.113 e. The van der Waals surface area contributed by atoms with Crippen LogP contribution in [0.25, 0.3) is 0 Å². The average Bonchev–Trinajstić information content (AvgIpc) is 2.73. The number of nitrogens with one attached hydrogen (secondary N) is 1. The number of halogens is 1. The molecular weight excluding hydrogens is 240 g/mol. The third-order valence-corrected chi connectivity index (χ3v) is 4.59. The van der Waals surface area contributed by atoms with Gasteiger partial charge in [-0.25, -0.2) is 4.98 Å². The van der Waals surface area contributed by atoms with Crippen molar-refractivity contribution in [1.29, 1.82) is 0 Å². The molecule has 2 nitrogen and oxygen atoms in total. The van der Waals surface area contributed by atoms with Crippen LogP contribution in [-0.4, -0.2) is 11.0 Å². The highest BCUT2D eigenvalue weighted by molar-refractivity contribution is 7.15. The second-order valence-electron chi connectivity index (χ2n) is 4.50. The smallest absolute Gasteiger partial charge is 0.113 e. The summed E-state index contributed by atoms with van der Waals surface area (Å²) < 4.78 is 0.785. The van der Waals surface area contributed by atoms with E-state index >= 15 is 0 Å². The molecule has 90 valence electrons. The summed E-state index contributed by atoms with van der Waals surface area (Å²) in [7, 11) is 0. The Balaban J connectivity index is 1.84. The Morgan fingerprint density at radius 3 is 3.00 bits per heavy atom. The molecule has 0 aromatic carbocycles. The summed E-state index contributed by atoms with van der Waals surface area (Å²) in [6.45, 7) is 3.17. The van der Waals surface area contributed by atoms with Crippen molar-refractivity contribution in [3.05, 3.63) is 15.5 Å². The fraction of sp³-hybridized carbons (Fsp3) is 0.750. The van der Waals surface area contributed by atoms with E-state index in [1.54, 1.807) is 17.5 Å². The van der Waals surface area contributed by atoms with E-state index in [0.29, 0.717) is 6.04 Å². The van der Waals surface area contributed by atoms with Crippen molar-refractivity contribution >= 4 is 22.9 Å². The summed E-state index contributed by atoms with van der Waals surface area (Å²) in [6.07, 6.45) is 8.49. The van der Waals surface area contributed by atoms with Crippen molar-refractivity contribution < 1.29 is 0 Å². The van der Waals surface area contributed by atoms with Crippen LogP contribution in [0.2, 0.25) is 4.34 Å². The maximum absolute atomic E-state index is 5.87. The second-order valence-corrected chi connectivity index (χ2v) is 6.24. The van der Waals surface area contributed by atoms with Crippen LogP contribution in [0.1, 0.15) is 44.0 Å². The summed E-state index contributed by atoms with van der Waals surface area (Å²) in [5.41, 5.74) is 0. The molecular formula is C12H19ClN2S. The molecule has 2 unspecified atom stereocenters. The van der Waals surface area contributed by atoms with Crippen molar-refractivity contribution in [3.8, 4) is 0 Å². The van der Waals surface area contributed by atoms with E-state index in [0.717, 1.165) is 21.8 Å². The molecule has 4 heteroatoms. The van der Waals surface area contributed by atoms with Gasteiger partial charge in [-0.15, -0.1) is 11.3 Å². The number of thiazole rings is 1. The topological polar surface area (TPSA) is 24.9 Å². The number of aromatic nitrogens is 1. The van der Waals surface area contributed by atoms with Gasteiger partial charge in [-0.1, -0.05) is 37.8 Å². The number of nitrogens with zero attached hydrogens (tertiary/aromatic N) is 1. The van der Waals surface area contributed by atoms with Crippen LogP contribution in [0.4, 0.5) is 0 Å². The van der Waals surface area contributed by atoms with E-state index in [2.05, 4.69) is 17.2 Å². The lowest BCUT2D eigenvalue weighted by Crippen LogP contribution is -2.37. The van der Waals surface area contributed by atoms with Crippen LogP contribution in [-0.2, 0) is 6.54 Å². The van der Waals surface area contributed by atoms with Gasteiger partial charge >= 0.3 is 0 Å². The summed E-state index contributed by atoms with van der Waals surface area (Å²) in [4.78, 5) is 4.28. The first-order valence-corrected chi connectivity index (χ1v) is 7.32. The van der Waals surface area contributed by atoms with Crippen LogP contribution in [0.3, 0.4) is 0 Å². The molecule has 0 aliphatic heterocycles. The highest BCUT2D eigenvalue weighted by atomic mass is 35.5. The lowest BCUT2D eigenvalue weighted by atomic mass is 9.83. The summed E-state index contributed by atoms with van der Waals surface area (Å²) in [5.74, 6) is 0.851. The predicted octanol–water partition coefficient (Wildman–Crippen LogP) is 3.85. The highest BCUT2D eigenvalue weighted by Gasteiger charge is 2.23. The van der Waals surface area contributed by atoms with Gasteiger partial charge in [-0.05, 0) is 18.8 Å². The molecule has 1 aromatic rings. The molecule has 1 N–H and O–H groups in total. The Bertz CT molecular complexity index is 327. The minimum atomic E-state index is 0.682. The van der Waals surface area contributed by atoms with Gasteiger partial charge in [0, 0.05) is 12.6 Å².